The highest BCUT2D eigenvalue weighted by Crippen LogP contribution is 2.45. The molecular weight excluding hydrogens is 490 g/mol. The van der Waals surface area contributed by atoms with Gasteiger partial charge < -0.3 is 32.0 Å². The van der Waals surface area contributed by atoms with E-state index < -0.39 is 0 Å². The Bertz CT molecular complexity index is 594. The quantitative estimate of drug-likeness (QED) is 0.313. The van der Waals surface area contributed by atoms with Crippen LogP contribution in [0.25, 0.3) is 0 Å². The van der Waals surface area contributed by atoms with Gasteiger partial charge in [0.1, 0.15) is 0 Å². The van der Waals surface area contributed by atoms with E-state index in [-0.39, 0.29) is 35.8 Å². The fourth-order valence-corrected chi connectivity index (χ4v) is 7.13. The van der Waals surface area contributed by atoms with Crippen molar-refractivity contribution in [2.24, 2.45) is 29.1 Å². The van der Waals surface area contributed by atoms with Crippen LogP contribution in [0.5, 0.6) is 0 Å². The molecule has 1 heterocycles. The molecule has 3 fully saturated rings. The Morgan fingerprint density at radius 1 is 0.973 bits per heavy atom. The summed E-state index contributed by atoms with van der Waals surface area (Å²) in [4.78, 5) is 15.3. The molecule has 224 valence electrons. The van der Waals surface area contributed by atoms with Gasteiger partial charge in [-0.05, 0) is 87.1 Å². The third kappa shape index (κ3) is 12.5. The number of alkyl halides is 1. The van der Waals surface area contributed by atoms with Crippen molar-refractivity contribution < 1.29 is 21.2 Å². The highest BCUT2D eigenvalue weighted by atomic mass is 35.5. The average molecular weight is 552 g/mol. The van der Waals surface area contributed by atoms with Crippen molar-refractivity contribution in [2.45, 2.75) is 117 Å². The van der Waals surface area contributed by atoms with Crippen molar-refractivity contribution in [3.8, 4) is 0 Å². The molecule has 1 amide bonds. The number of hydrogen-bond acceptors (Lipinski definition) is 3. The highest BCUT2D eigenvalue weighted by Gasteiger charge is 2.41. The third-order valence-electron chi connectivity index (χ3n) is 8.95. The van der Waals surface area contributed by atoms with Crippen LogP contribution in [0.4, 0.5) is 0 Å². The minimum absolute atomic E-state index is 0. The van der Waals surface area contributed by atoms with Crippen LogP contribution in [-0.4, -0.2) is 71.4 Å². The van der Waals surface area contributed by atoms with Gasteiger partial charge in [-0.2, -0.15) is 0 Å². The van der Waals surface area contributed by atoms with E-state index in [0.717, 1.165) is 50.5 Å². The number of rotatable bonds is 10. The largest absolute Gasteiger partial charge is 0.412 e. The Morgan fingerprint density at radius 3 is 2.16 bits per heavy atom. The number of likely N-dealkylation sites (tertiary alicyclic amines) is 1. The fraction of sp³-hybridized carbons (Fsp3) is 0.966. The number of carbonyl (C=O) groups is 1. The topological polar surface area (TPSA) is 139 Å². The molecule has 7 nitrogen and oxygen atoms in total. The summed E-state index contributed by atoms with van der Waals surface area (Å²) in [6.07, 6.45) is 13.8. The number of nitrogens with one attached hydrogen (secondary N) is 2. The molecule has 0 aromatic heterocycles. The molecule has 0 aromatic rings. The van der Waals surface area contributed by atoms with E-state index in [1.165, 1.54) is 64.2 Å². The molecule has 1 unspecified atom stereocenters. The van der Waals surface area contributed by atoms with Gasteiger partial charge >= 0.3 is 0 Å². The van der Waals surface area contributed by atoms with E-state index >= 15 is 0 Å². The number of carbonyl (C=O) groups excluding carboxylic acids is 1. The van der Waals surface area contributed by atoms with Gasteiger partial charge in [-0.3, -0.25) is 4.79 Å². The van der Waals surface area contributed by atoms with Crippen molar-refractivity contribution in [3.05, 3.63) is 0 Å². The van der Waals surface area contributed by atoms with Gasteiger partial charge in [0.25, 0.3) is 0 Å². The van der Waals surface area contributed by atoms with Gasteiger partial charge in [0.2, 0.25) is 5.91 Å². The lowest BCUT2D eigenvalue weighted by Crippen LogP contribution is -2.54. The van der Waals surface area contributed by atoms with Crippen LogP contribution in [0.1, 0.15) is 106 Å². The number of amides is 1. The van der Waals surface area contributed by atoms with Crippen LogP contribution in [0.3, 0.4) is 0 Å². The van der Waals surface area contributed by atoms with Gasteiger partial charge in [-0.15, -0.1) is 11.6 Å². The van der Waals surface area contributed by atoms with Crippen LogP contribution >= 0.6 is 11.6 Å². The first-order chi connectivity index (χ1) is 15.7. The lowest BCUT2D eigenvalue weighted by Gasteiger charge is -2.49. The Morgan fingerprint density at radius 2 is 1.59 bits per heavy atom. The number of piperidine rings is 1. The first-order valence-corrected chi connectivity index (χ1v) is 14.5. The smallest absolute Gasteiger partial charge is 0.221 e. The Hall–Kier alpha value is -0.440. The predicted octanol–water partition coefficient (Wildman–Crippen LogP) is 3.99. The molecule has 0 bridgehead atoms. The van der Waals surface area contributed by atoms with Crippen molar-refractivity contribution in [3.63, 3.8) is 0 Å². The molecule has 0 radical (unpaired) electrons. The molecule has 2 aliphatic carbocycles. The average Bonchev–Trinajstić information content (AvgIpc) is 2.77. The monoisotopic (exact) mass is 551 g/mol. The van der Waals surface area contributed by atoms with E-state index in [2.05, 4.69) is 43.2 Å². The summed E-state index contributed by atoms with van der Waals surface area (Å²) < 4.78 is 0. The molecule has 3 rings (SSSR count). The Labute approximate surface area is 233 Å². The van der Waals surface area contributed by atoms with Gasteiger partial charge in [-0.25, -0.2) is 0 Å². The van der Waals surface area contributed by atoms with Crippen molar-refractivity contribution in [1.29, 1.82) is 0 Å². The Balaban J connectivity index is 0. The van der Waals surface area contributed by atoms with E-state index in [0.29, 0.717) is 23.1 Å². The summed E-state index contributed by atoms with van der Waals surface area (Å²) in [6.45, 7) is 14.6. The zero-order valence-electron chi connectivity index (χ0n) is 23.5. The molecule has 0 spiro atoms. The van der Waals surface area contributed by atoms with Gasteiger partial charge in [-0.1, -0.05) is 54.4 Å². The molecule has 2 atom stereocenters. The lowest BCUT2D eigenvalue weighted by atomic mass is 9.64. The second-order valence-electron chi connectivity index (χ2n) is 12.5. The molecule has 8 heteroatoms. The standard InChI is InChI=1S/C28H52ClN3O.CH4.3H2O/c1-21(2)26(31-27(33)14-16-30-18-22-8-6-5-7-9-22)19-32-17-15-25(28(3,4)20-32)23-10-12-24(29)13-11-23;;;;/h21-26,30H,5-20H2,1-4H3,(H,31,33);1H4;3*1H2/t23?,24?,25?,26-;;;;/m0..../s1. The first-order valence-electron chi connectivity index (χ1n) is 14.1. The summed E-state index contributed by atoms with van der Waals surface area (Å²) in [5.74, 6) is 3.13. The third-order valence-corrected chi connectivity index (χ3v) is 9.39. The zero-order chi connectivity index (χ0) is 23.8. The molecular formula is C29H62ClN3O4. The summed E-state index contributed by atoms with van der Waals surface area (Å²) in [6, 6.07) is 0.231. The van der Waals surface area contributed by atoms with Crippen LogP contribution < -0.4 is 10.6 Å². The molecule has 3 aliphatic rings. The SMILES string of the molecule is C.CC(C)[C@H](CN1CCC(C2CCC(Cl)CC2)C(C)(C)C1)NC(=O)CCNCC1CCCCC1.O.O.O. The molecule has 0 aromatic carbocycles. The summed E-state index contributed by atoms with van der Waals surface area (Å²) in [7, 11) is 0. The molecule has 37 heavy (non-hydrogen) atoms. The predicted molar refractivity (Wildman–Crippen MR) is 158 cm³/mol. The second-order valence-corrected chi connectivity index (χ2v) is 13.1. The maximum atomic E-state index is 12.7. The molecule has 2 saturated carbocycles. The van der Waals surface area contributed by atoms with Crippen molar-refractivity contribution >= 4 is 17.5 Å². The van der Waals surface area contributed by atoms with Gasteiger partial charge in [0, 0.05) is 37.5 Å². The number of nitrogens with zero attached hydrogens (tertiary/aromatic N) is 1. The maximum Gasteiger partial charge on any atom is 0.221 e. The Kier molecular flexibility index (Phi) is 19.6. The second kappa shape index (κ2) is 18.8. The first kappa shape index (κ1) is 38.7. The van der Waals surface area contributed by atoms with E-state index in [1.807, 2.05) is 0 Å². The van der Waals surface area contributed by atoms with Crippen molar-refractivity contribution in [1.82, 2.24) is 15.5 Å². The summed E-state index contributed by atoms with van der Waals surface area (Å²) in [5.41, 5.74) is 0.330. The van der Waals surface area contributed by atoms with Crippen LogP contribution in [0.15, 0.2) is 0 Å². The van der Waals surface area contributed by atoms with Crippen LogP contribution in [0, 0.1) is 29.1 Å². The normalized spacial score (nSPS) is 27.0. The zero-order valence-corrected chi connectivity index (χ0v) is 24.3. The van der Waals surface area contributed by atoms with E-state index in [9.17, 15) is 4.79 Å². The number of hydrogen-bond donors (Lipinski definition) is 2. The molecule has 8 N–H and O–H groups in total. The highest BCUT2D eigenvalue weighted by molar-refractivity contribution is 6.20. The number of halogens is 1. The van der Waals surface area contributed by atoms with E-state index in [1.54, 1.807) is 0 Å². The van der Waals surface area contributed by atoms with Crippen molar-refractivity contribution in [2.75, 3.05) is 32.7 Å². The summed E-state index contributed by atoms with van der Waals surface area (Å²) in [5, 5.41) is 7.32. The minimum Gasteiger partial charge on any atom is -0.412 e. The lowest BCUT2D eigenvalue weighted by molar-refractivity contribution is -0.122. The maximum absolute atomic E-state index is 12.7. The minimum atomic E-state index is 0. The van der Waals surface area contributed by atoms with Gasteiger partial charge in [0.05, 0.1) is 0 Å². The summed E-state index contributed by atoms with van der Waals surface area (Å²) >= 11 is 6.37. The fourth-order valence-electron chi connectivity index (χ4n) is 6.88. The van der Waals surface area contributed by atoms with Gasteiger partial charge in [0.15, 0.2) is 0 Å². The van der Waals surface area contributed by atoms with Crippen LogP contribution in [-0.2, 0) is 4.79 Å². The van der Waals surface area contributed by atoms with Crippen LogP contribution in [0.2, 0.25) is 0 Å². The van der Waals surface area contributed by atoms with E-state index in [4.69, 9.17) is 11.6 Å². The molecule has 1 saturated heterocycles. The molecule has 1 aliphatic heterocycles.